The summed E-state index contributed by atoms with van der Waals surface area (Å²) >= 11 is 0. The van der Waals surface area contributed by atoms with Gasteiger partial charge in [-0.15, -0.1) is 0 Å². The third-order valence-corrected chi connectivity index (χ3v) is 10.9. The summed E-state index contributed by atoms with van der Waals surface area (Å²) in [5.74, 6) is -2.42. The summed E-state index contributed by atoms with van der Waals surface area (Å²) < 4.78 is 75.9. The highest BCUT2D eigenvalue weighted by Crippen LogP contribution is 2.41. The number of aliphatic hydroxyl groups is 4. The molecule has 21 nitrogen and oxygen atoms in total. The van der Waals surface area contributed by atoms with E-state index in [-0.39, 0.29) is 51.6 Å². The maximum Gasteiger partial charge on any atom is 0.296 e. The molecule has 12 N–H and O–H groups in total. The lowest BCUT2D eigenvalue weighted by molar-refractivity contribution is -0.245. The molecule has 1 saturated heterocycles. The lowest BCUT2D eigenvalue weighted by Gasteiger charge is -2.40. The van der Waals surface area contributed by atoms with Crippen molar-refractivity contribution in [1.82, 2.24) is 15.0 Å². The topological polar surface area (TPSA) is 346 Å². The summed E-state index contributed by atoms with van der Waals surface area (Å²) in [6.45, 7) is -0.711. The number of hydrogen-bond acceptors (Lipinski definition) is 19. The molecule has 0 radical (unpaired) electrons. The van der Waals surface area contributed by atoms with Crippen LogP contribution in [0.4, 0.5) is 46.3 Å². The van der Waals surface area contributed by atoms with Gasteiger partial charge in [-0.3, -0.25) is 18.7 Å². The Morgan fingerprint density at radius 3 is 1.86 bits per heavy atom. The van der Waals surface area contributed by atoms with Gasteiger partial charge in [-0.05, 0) is 36.4 Å². The first-order valence-electron chi connectivity index (χ1n) is 16.9. The molecule has 4 aromatic carbocycles. The first-order chi connectivity index (χ1) is 27.4. The van der Waals surface area contributed by atoms with Crippen molar-refractivity contribution in [1.29, 1.82) is 0 Å². The van der Waals surface area contributed by atoms with Gasteiger partial charge in [-0.1, -0.05) is 42.5 Å². The summed E-state index contributed by atoms with van der Waals surface area (Å²) in [5, 5.41) is 52.0. The number of ether oxygens (including phenoxy) is 1. The molecule has 23 heteroatoms. The van der Waals surface area contributed by atoms with Crippen LogP contribution in [0.3, 0.4) is 0 Å². The fourth-order valence-corrected chi connectivity index (χ4v) is 7.72. The van der Waals surface area contributed by atoms with E-state index < -0.39 is 90.1 Å². The molecule has 7 rings (SSSR count). The molecule has 1 fully saturated rings. The maximum atomic E-state index is 13.7. The fourth-order valence-electron chi connectivity index (χ4n) is 6.40. The Bertz CT molecular complexity index is 2690. The number of para-hydroxylation sites is 1. The van der Waals surface area contributed by atoms with Gasteiger partial charge in [-0.2, -0.15) is 31.8 Å². The molecule has 1 aliphatic heterocycles. The van der Waals surface area contributed by atoms with E-state index in [9.17, 15) is 56.0 Å². The highest BCUT2D eigenvalue weighted by atomic mass is 32.2. The molecule has 2 aliphatic rings. The Hall–Kier alpha value is -6.15. The standard InChI is InChI=1S/C35H32N8O13S2/c36-26-23(58(53,54)55)13-20(24-25(26)29(46)18-9-5-4-8-17(18)28(24)45)37-16-10-11-19(22(12-16)57(50,51)52)39-34-41-33(38-15-6-2-1-3-7-15)42-35(43-34)40-27-31(48)30(47)21(14-44)56-32(27)49/h1-13,21,27,30-32,37,44,47-49H,14,36H2,(H,50,51,52)(H,53,54,55)(H3,38,39,40,41,42,43). The van der Waals surface area contributed by atoms with Gasteiger partial charge >= 0.3 is 0 Å². The molecule has 58 heavy (non-hydrogen) atoms. The molecule has 0 bridgehead atoms. The molecule has 0 saturated carbocycles. The van der Waals surface area contributed by atoms with E-state index >= 15 is 0 Å². The van der Waals surface area contributed by atoms with E-state index in [4.69, 9.17) is 10.5 Å². The number of aliphatic hydroxyl groups excluding tert-OH is 4. The minimum atomic E-state index is -5.12. The summed E-state index contributed by atoms with van der Waals surface area (Å²) in [5.41, 5.74) is 4.00. The van der Waals surface area contributed by atoms with Gasteiger partial charge in [0.1, 0.15) is 34.1 Å². The van der Waals surface area contributed by atoms with Crippen LogP contribution in [0.15, 0.2) is 88.7 Å². The van der Waals surface area contributed by atoms with E-state index in [1.54, 1.807) is 30.3 Å². The summed E-state index contributed by atoms with van der Waals surface area (Å²) in [7, 11) is -10.2. The number of nitrogens with zero attached hydrogens (tertiary/aromatic N) is 3. The van der Waals surface area contributed by atoms with Crippen molar-refractivity contribution in [2.24, 2.45) is 0 Å². The van der Waals surface area contributed by atoms with Crippen molar-refractivity contribution in [2.45, 2.75) is 40.4 Å². The number of hydrogen-bond donors (Lipinski definition) is 11. The number of carbonyl (C=O) groups is 2. The van der Waals surface area contributed by atoms with Gasteiger partial charge in [0.25, 0.3) is 20.2 Å². The number of fused-ring (bicyclic) bond motifs is 2. The molecule has 302 valence electrons. The molecule has 5 aromatic rings. The van der Waals surface area contributed by atoms with Crippen LogP contribution in [-0.2, 0) is 25.0 Å². The van der Waals surface area contributed by atoms with Crippen molar-refractivity contribution < 1.29 is 60.7 Å². The van der Waals surface area contributed by atoms with Crippen LogP contribution in [0.25, 0.3) is 0 Å². The molecule has 5 atom stereocenters. The van der Waals surface area contributed by atoms with Crippen LogP contribution in [0.1, 0.15) is 31.8 Å². The van der Waals surface area contributed by atoms with Crippen molar-refractivity contribution in [3.63, 3.8) is 0 Å². The second-order valence-corrected chi connectivity index (χ2v) is 15.7. The second-order valence-electron chi connectivity index (χ2n) is 12.9. The Balaban J connectivity index is 1.27. The van der Waals surface area contributed by atoms with Crippen LogP contribution >= 0.6 is 0 Å². The maximum absolute atomic E-state index is 13.7. The number of nitrogen functional groups attached to an aromatic ring is 1. The number of ketones is 2. The Morgan fingerprint density at radius 2 is 1.24 bits per heavy atom. The Labute approximate surface area is 328 Å². The van der Waals surface area contributed by atoms with E-state index in [1.165, 1.54) is 30.3 Å². The van der Waals surface area contributed by atoms with E-state index in [2.05, 4.69) is 36.2 Å². The van der Waals surface area contributed by atoms with Crippen LogP contribution in [0.5, 0.6) is 0 Å². The second kappa shape index (κ2) is 15.3. The zero-order chi connectivity index (χ0) is 41.7. The van der Waals surface area contributed by atoms with E-state index in [1.807, 2.05) is 0 Å². The smallest absolute Gasteiger partial charge is 0.296 e. The first-order valence-corrected chi connectivity index (χ1v) is 19.8. The molecular formula is C35H32N8O13S2. The normalized spacial score (nSPS) is 20.5. The number of nitrogens with two attached hydrogens (primary N) is 1. The Kier molecular flexibility index (Phi) is 10.6. The zero-order valence-corrected chi connectivity index (χ0v) is 31.0. The van der Waals surface area contributed by atoms with Gasteiger partial charge in [0.15, 0.2) is 17.9 Å². The highest BCUT2D eigenvalue weighted by Gasteiger charge is 2.44. The SMILES string of the molecule is Nc1c(S(=O)(=O)O)cc(Nc2ccc(Nc3nc(Nc4ccccc4)nc(NC4C(O)OC(CO)C(O)C4O)n3)c(S(=O)(=O)O)c2)c2c1C(=O)c1ccccc1C2=O. The predicted molar refractivity (Wildman–Crippen MR) is 204 cm³/mol. The summed E-state index contributed by atoms with van der Waals surface area (Å²) in [6.07, 6.45) is -6.41. The summed E-state index contributed by atoms with van der Waals surface area (Å²) in [6, 6.07) is 16.8. The summed E-state index contributed by atoms with van der Waals surface area (Å²) in [4.78, 5) is 38.3. The number of benzene rings is 4. The number of carbonyl (C=O) groups excluding carboxylic acids is 2. The minimum Gasteiger partial charge on any atom is -0.397 e. The zero-order valence-electron chi connectivity index (χ0n) is 29.4. The number of anilines is 8. The lowest BCUT2D eigenvalue weighted by Crippen LogP contribution is -2.61. The predicted octanol–water partition coefficient (Wildman–Crippen LogP) is 1.17. The highest BCUT2D eigenvalue weighted by molar-refractivity contribution is 7.86. The van der Waals surface area contributed by atoms with E-state index in [0.29, 0.717) is 5.69 Å². The molecular weight excluding hydrogens is 805 g/mol. The lowest BCUT2D eigenvalue weighted by atomic mass is 9.82. The van der Waals surface area contributed by atoms with Crippen molar-refractivity contribution in [2.75, 3.05) is 33.6 Å². The third kappa shape index (κ3) is 7.76. The van der Waals surface area contributed by atoms with Crippen LogP contribution in [-0.4, -0.2) is 110 Å². The number of nitrogens with one attached hydrogen (secondary N) is 4. The van der Waals surface area contributed by atoms with Crippen molar-refractivity contribution in [3.05, 3.63) is 101 Å². The molecule has 0 amide bonds. The van der Waals surface area contributed by atoms with Gasteiger partial charge < -0.3 is 52.2 Å². The Morgan fingerprint density at radius 1 is 0.655 bits per heavy atom. The molecule has 2 heterocycles. The van der Waals surface area contributed by atoms with Gasteiger partial charge in [0, 0.05) is 22.5 Å². The van der Waals surface area contributed by atoms with Crippen molar-refractivity contribution >= 4 is 78.1 Å². The van der Waals surface area contributed by atoms with Gasteiger partial charge in [0.2, 0.25) is 17.8 Å². The first kappa shape index (κ1) is 40.1. The molecule has 0 spiro atoms. The van der Waals surface area contributed by atoms with Gasteiger partial charge in [-0.25, -0.2) is 0 Å². The van der Waals surface area contributed by atoms with Gasteiger partial charge in [0.05, 0.1) is 34.8 Å². The largest absolute Gasteiger partial charge is 0.397 e. The molecule has 1 aromatic heterocycles. The third-order valence-electron chi connectivity index (χ3n) is 9.12. The average molecular weight is 837 g/mol. The number of rotatable bonds is 11. The molecule has 1 aliphatic carbocycles. The minimum absolute atomic E-state index is 0.0295. The molecule has 5 unspecified atom stereocenters. The van der Waals surface area contributed by atoms with E-state index in [0.717, 1.165) is 18.2 Å². The van der Waals surface area contributed by atoms with Crippen LogP contribution in [0, 0.1) is 0 Å². The monoisotopic (exact) mass is 836 g/mol. The van der Waals surface area contributed by atoms with Crippen molar-refractivity contribution in [3.8, 4) is 0 Å². The number of aromatic nitrogens is 3. The fraction of sp³-hybridized carbons (Fsp3) is 0.171. The quantitative estimate of drug-likeness (QED) is 0.0644. The average Bonchev–Trinajstić information content (AvgIpc) is 3.17. The van der Waals surface area contributed by atoms with Crippen LogP contribution < -0.4 is 27.0 Å². The van der Waals surface area contributed by atoms with Crippen LogP contribution in [0.2, 0.25) is 0 Å².